The van der Waals surface area contributed by atoms with Crippen LogP contribution in [0.1, 0.15) is 15.9 Å². The van der Waals surface area contributed by atoms with E-state index in [1.165, 1.54) is 0 Å². The zero-order chi connectivity index (χ0) is 19.8. The maximum Gasteiger partial charge on any atom is 0.261 e. The average molecular weight is 379 g/mol. The van der Waals surface area contributed by atoms with E-state index in [-0.39, 0.29) is 0 Å². The Kier molecular flexibility index (Phi) is 4.27. The van der Waals surface area contributed by atoms with Gasteiger partial charge in [-0.2, -0.15) is 0 Å². The molecule has 0 bridgehead atoms. The number of nitrogens with zero attached hydrogens (tertiary/aromatic N) is 2. The fraction of sp³-hybridized carbons (Fsp3) is 0.0476. The van der Waals surface area contributed by atoms with Crippen LogP contribution >= 0.6 is 0 Å². The second-order valence-electron chi connectivity index (χ2n) is 6.41. The van der Waals surface area contributed by atoms with Gasteiger partial charge >= 0.3 is 0 Å². The highest BCUT2D eigenvalue weighted by atomic mass is 19.1. The Balaban J connectivity index is 1.57. The molecule has 0 saturated carbocycles. The third-order valence-corrected chi connectivity index (χ3v) is 4.29. The van der Waals surface area contributed by atoms with Crippen LogP contribution in [0, 0.1) is 18.6 Å². The van der Waals surface area contributed by atoms with Crippen molar-refractivity contribution in [2.75, 3.05) is 5.32 Å². The van der Waals surface area contributed by atoms with Gasteiger partial charge in [0.25, 0.3) is 5.91 Å². The molecule has 2 N–H and O–H groups in total. The number of carbonyl (C=O) groups excluding carboxylic acids is 1. The summed E-state index contributed by atoms with van der Waals surface area (Å²) in [6.07, 6.45) is 3.87. The van der Waals surface area contributed by atoms with Crippen molar-refractivity contribution in [2.45, 2.75) is 6.92 Å². The van der Waals surface area contributed by atoms with Crippen molar-refractivity contribution in [3.63, 3.8) is 0 Å². The number of anilines is 1. The number of hydrogen-bond acceptors (Lipinski definition) is 3. The molecule has 0 atom stereocenters. The van der Waals surface area contributed by atoms with Crippen LogP contribution in [0.15, 0.2) is 60.9 Å². The fourth-order valence-electron chi connectivity index (χ4n) is 2.94. The summed E-state index contributed by atoms with van der Waals surface area (Å²) in [5, 5.41) is 11.6. The molecule has 0 aliphatic carbocycles. The molecule has 140 valence electrons. The summed E-state index contributed by atoms with van der Waals surface area (Å²) >= 11 is 0. The van der Waals surface area contributed by atoms with E-state index in [1.54, 1.807) is 24.3 Å². The smallest absolute Gasteiger partial charge is 0.261 e. The molecule has 0 unspecified atom stereocenters. The molecule has 0 saturated heterocycles. The lowest BCUT2D eigenvalue weighted by Gasteiger charge is -2.08. The van der Waals surface area contributed by atoms with Crippen molar-refractivity contribution in [1.29, 1.82) is 0 Å². The summed E-state index contributed by atoms with van der Waals surface area (Å²) in [7, 11) is 0. The number of phenols is 1. The van der Waals surface area contributed by atoms with Gasteiger partial charge in [-0.1, -0.05) is 18.2 Å². The first-order chi connectivity index (χ1) is 13.4. The van der Waals surface area contributed by atoms with Gasteiger partial charge in [0.2, 0.25) is 0 Å². The number of nitrogens with one attached hydrogen (secondary N) is 1. The zero-order valence-electron chi connectivity index (χ0n) is 14.8. The lowest BCUT2D eigenvalue weighted by molar-refractivity contribution is 0.101. The van der Waals surface area contributed by atoms with Crippen molar-refractivity contribution in [3.8, 4) is 17.0 Å². The second-order valence-corrected chi connectivity index (χ2v) is 6.41. The van der Waals surface area contributed by atoms with Crippen molar-refractivity contribution in [3.05, 3.63) is 83.7 Å². The maximum atomic E-state index is 13.8. The van der Waals surface area contributed by atoms with E-state index in [0.717, 1.165) is 22.5 Å². The molecule has 2 heterocycles. The minimum absolute atomic E-state index is 0.375. The van der Waals surface area contributed by atoms with Gasteiger partial charge in [0, 0.05) is 35.8 Å². The molecule has 0 aliphatic heterocycles. The number of aromatic nitrogens is 2. The molecular formula is C21H15F2N3O2. The highest BCUT2D eigenvalue weighted by Crippen LogP contribution is 2.24. The van der Waals surface area contributed by atoms with Crippen molar-refractivity contribution >= 4 is 17.2 Å². The molecular weight excluding hydrogens is 364 g/mol. The van der Waals surface area contributed by atoms with Crippen molar-refractivity contribution in [1.82, 2.24) is 9.38 Å². The minimum Gasteiger partial charge on any atom is -0.508 e. The SMILES string of the molecule is Cc1ccc2nc(-c3ccc(NC(=O)c4c(F)cc(O)cc4F)cc3)cn2c1. The van der Waals surface area contributed by atoms with Crippen LogP contribution in [0.25, 0.3) is 16.9 Å². The molecule has 0 fully saturated rings. The van der Waals surface area contributed by atoms with E-state index in [9.17, 15) is 18.7 Å². The number of aromatic hydroxyl groups is 1. The molecule has 0 radical (unpaired) electrons. The summed E-state index contributed by atoms with van der Waals surface area (Å²) in [6.45, 7) is 2.00. The Hall–Kier alpha value is -3.74. The van der Waals surface area contributed by atoms with Gasteiger partial charge in [-0.05, 0) is 30.7 Å². The Labute approximate surface area is 158 Å². The first kappa shape index (κ1) is 17.7. The summed E-state index contributed by atoms with van der Waals surface area (Å²) in [6, 6.07) is 12.0. The van der Waals surface area contributed by atoms with Crippen molar-refractivity contribution < 1.29 is 18.7 Å². The molecule has 0 spiro atoms. The van der Waals surface area contributed by atoms with Crippen LogP contribution in [-0.2, 0) is 0 Å². The van der Waals surface area contributed by atoms with Gasteiger partial charge in [-0.15, -0.1) is 0 Å². The number of imidazole rings is 1. The highest BCUT2D eigenvalue weighted by molar-refractivity contribution is 6.04. The number of halogens is 2. The largest absolute Gasteiger partial charge is 0.508 e. The van der Waals surface area contributed by atoms with Gasteiger partial charge in [0.1, 0.15) is 28.6 Å². The molecule has 1 amide bonds. The summed E-state index contributed by atoms with van der Waals surface area (Å²) in [5.41, 5.74) is 3.15. The second kappa shape index (κ2) is 6.77. The third-order valence-electron chi connectivity index (χ3n) is 4.29. The van der Waals surface area contributed by atoms with E-state index < -0.39 is 28.9 Å². The number of carbonyl (C=O) groups is 1. The number of phenolic OH excluding ortho intramolecular Hbond substituents is 1. The van der Waals surface area contributed by atoms with Crippen LogP contribution in [-0.4, -0.2) is 20.4 Å². The fourth-order valence-corrected chi connectivity index (χ4v) is 2.94. The summed E-state index contributed by atoms with van der Waals surface area (Å²) in [5.74, 6) is -3.79. The Bertz CT molecular complexity index is 1180. The number of benzene rings is 2. The Morgan fingerprint density at radius 1 is 1.04 bits per heavy atom. The predicted octanol–water partition coefficient (Wildman–Crippen LogP) is 4.55. The quantitative estimate of drug-likeness (QED) is 0.549. The monoisotopic (exact) mass is 379 g/mol. The normalized spacial score (nSPS) is 11.0. The summed E-state index contributed by atoms with van der Waals surface area (Å²) in [4.78, 5) is 16.7. The Morgan fingerprint density at radius 3 is 2.39 bits per heavy atom. The predicted molar refractivity (Wildman–Crippen MR) is 101 cm³/mol. The van der Waals surface area contributed by atoms with Crippen LogP contribution in [0.5, 0.6) is 5.75 Å². The first-order valence-corrected chi connectivity index (χ1v) is 8.46. The van der Waals surface area contributed by atoms with Crippen LogP contribution < -0.4 is 5.32 Å². The van der Waals surface area contributed by atoms with Gasteiger partial charge < -0.3 is 14.8 Å². The van der Waals surface area contributed by atoms with Crippen LogP contribution in [0.2, 0.25) is 0 Å². The Morgan fingerprint density at radius 2 is 1.71 bits per heavy atom. The van der Waals surface area contributed by atoms with Gasteiger partial charge in [-0.3, -0.25) is 4.79 Å². The number of rotatable bonds is 3. The number of fused-ring (bicyclic) bond motifs is 1. The molecule has 7 heteroatoms. The van der Waals surface area contributed by atoms with E-state index >= 15 is 0 Å². The third kappa shape index (κ3) is 3.29. The van der Waals surface area contributed by atoms with E-state index in [1.807, 2.05) is 35.9 Å². The molecule has 2 aromatic heterocycles. The maximum absolute atomic E-state index is 13.8. The van der Waals surface area contributed by atoms with Gasteiger partial charge in [0.05, 0.1) is 5.69 Å². The van der Waals surface area contributed by atoms with E-state index in [0.29, 0.717) is 17.8 Å². The number of hydrogen-bond donors (Lipinski definition) is 2. The molecule has 4 rings (SSSR count). The standard InChI is InChI=1S/C21H15F2N3O2/c1-12-2-7-19-25-18(11-26(19)10-12)13-3-5-14(6-4-13)24-21(28)20-16(22)8-15(27)9-17(20)23/h2-11,27H,1H3,(H,24,28). The minimum atomic E-state index is -1.13. The number of aryl methyl sites for hydroxylation is 1. The summed E-state index contributed by atoms with van der Waals surface area (Å²) < 4.78 is 29.5. The molecule has 28 heavy (non-hydrogen) atoms. The molecule has 0 aliphatic rings. The van der Waals surface area contributed by atoms with E-state index in [4.69, 9.17) is 0 Å². The van der Waals surface area contributed by atoms with Crippen LogP contribution in [0.3, 0.4) is 0 Å². The lowest BCUT2D eigenvalue weighted by Crippen LogP contribution is -2.15. The number of pyridine rings is 1. The first-order valence-electron chi connectivity index (χ1n) is 8.46. The van der Waals surface area contributed by atoms with Gasteiger partial charge in [0.15, 0.2) is 0 Å². The molecule has 4 aromatic rings. The van der Waals surface area contributed by atoms with Gasteiger partial charge in [-0.25, -0.2) is 13.8 Å². The van der Waals surface area contributed by atoms with Crippen LogP contribution in [0.4, 0.5) is 14.5 Å². The lowest BCUT2D eigenvalue weighted by atomic mass is 10.1. The highest BCUT2D eigenvalue weighted by Gasteiger charge is 2.19. The number of amides is 1. The molecule has 5 nitrogen and oxygen atoms in total. The molecule has 2 aromatic carbocycles. The average Bonchev–Trinajstić information content (AvgIpc) is 3.04. The van der Waals surface area contributed by atoms with Crippen molar-refractivity contribution in [2.24, 2.45) is 0 Å². The zero-order valence-corrected chi connectivity index (χ0v) is 14.8. The topological polar surface area (TPSA) is 66.6 Å². The van der Waals surface area contributed by atoms with E-state index in [2.05, 4.69) is 10.3 Å².